The van der Waals surface area contributed by atoms with E-state index in [4.69, 9.17) is 15.7 Å². The van der Waals surface area contributed by atoms with Crippen LogP contribution in [-0.2, 0) is 0 Å². The smallest absolute Gasteiger partial charge is 0.249 e. The third-order valence-corrected chi connectivity index (χ3v) is 3.60. The zero-order valence-electron chi connectivity index (χ0n) is 11.3. The molecule has 0 saturated carbocycles. The predicted octanol–water partition coefficient (Wildman–Crippen LogP) is 2.08. The number of nitrogens with two attached hydrogens (primary N) is 1. The average Bonchev–Trinajstić information content (AvgIpc) is 3.08. The van der Waals surface area contributed by atoms with Gasteiger partial charge in [0.15, 0.2) is 5.96 Å². The molecular weight excluding hydrogens is 254 g/mol. The number of nitrogens with zero attached hydrogens (tertiary/aromatic N) is 3. The van der Waals surface area contributed by atoms with E-state index in [2.05, 4.69) is 10.1 Å². The normalized spacial score (nSPS) is 18.4. The molecule has 2 aromatic rings. The minimum absolute atomic E-state index is 0.0579. The fourth-order valence-electron chi connectivity index (χ4n) is 2.50. The zero-order valence-corrected chi connectivity index (χ0v) is 11.3. The molecule has 104 valence electrons. The minimum atomic E-state index is -0.0702. The van der Waals surface area contributed by atoms with E-state index in [1.165, 1.54) is 5.56 Å². The summed E-state index contributed by atoms with van der Waals surface area (Å²) in [5, 5.41) is 11.6. The van der Waals surface area contributed by atoms with Crippen molar-refractivity contribution >= 4 is 5.96 Å². The molecule has 0 radical (unpaired) electrons. The topological polar surface area (TPSA) is 92.0 Å². The Labute approximate surface area is 117 Å². The van der Waals surface area contributed by atoms with Crippen LogP contribution in [0.4, 0.5) is 0 Å². The molecule has 1 unspecified atom stereocenters. The van der Waals surface area contributed by atoms with Gasteiger partial charge in [-0.25, -0.2) is 0 Å². The minimum Gasteiger partial charge on any atom is -0.370 e. The molecule has 6 heteroatoms. The molecule has 1 aliphatic rings. The van der Waals surface area contributed by atoms with E-state index in [1.54, 1.807) is 4.90 Å². The van der Waals surface area contributed by atoms with Gasteiger partial charge in [-0.3, -0.25) is 5.41 Å². The second kappa shape index (κ2) is 4.96. The SMILES string of the molecule is Cc1ccc(-c2noc(C3CCCN3C(=N)N)n2)cc1. The highest BCUT2D eigenvalue weighted by atomic mass is 16.5. The van der Waals surface area contributed by atoms with Crippen molar-refractivity contribution in [2.24, 2.45) is 5.73 Å². The number of likely N-dealkylation sites (tertiary alicyclic amines) is 1. The lowest BCUT2D eigenvalue weighted by Gasteiger charge is -2.21. The van der Waals surface area contributed by atoms with E-state index in [0.29, 0.717) is 11.7 Å². The number of guanidine groups is 1. The summed E-state index contributed by atoms with van der Waals surface area (Å²) in [5.41, 5.74) is 7.70. The van der Waals surface area contributed by atoms with Gasteiger partial charge in [-0.1, -0.05) is 35.0 Å². The van der Waals surface area contributed by atoms with Gasteiger partial charge in [-0.05, 0) is 19.8 Å². The highest BCUT2D eigenvalue weighted by molar-refractivity contribution is 5.75. The highest BCUT2D eigenvalue weighted by Gasteiger charge is 2.31. The first-order valence-corrected chi connectivity index (χ1v) is 6.66. The molecule has 3 rings (SSSR count). The summed E-state index contributed by atoms with van der Waals surface area (Å²) < 4.78 is 5.36. The molecule has 20 heavy (non-hydrogen) atoms. The number of hydrogen-bond acceptors (Lipinski definition) is 4. The molecule has 1 fully saturated rings. The van der Waals surface area contributed by atoms with Crippen LogP contribution in [0.2, 0.25) is 0 Å². The molecule has 0 bridgehead atoms. The molecule has 3 N–H and O–H groups in total. The second-order valence-corrected chi connectivity index (χ2v) is 5.06. The molecule has 6 nitrogen and oxygen atoms in total. The largest absolute Gasteiger partial charge is 0.370 e. The molecule has 2 heterocycles. The first-order chi connectivity index (χ1) is 9.65. The Balaban J connectivity index is 1.86. The number of rotatable bonds is 2. The number of benzene rings is 1. The van der Waals surface area contributed by atoms with Crippen molar-refractivity contribution in [3.05, 3.63) is 35.7 Å². The maximum atomic E-state index is 7.58. The summed E-state index contributed by atoms with van der Waals surface area (Å²) in [7, 11) is 0. The van der Waals surface area contributed by atoms with Crippen molar-refractivity contribution in [1.29, 1.82) is 5.41 Å². The molecule has 0 amide bonds. The van der Waals surface area contributed by atoms with Gasteiger partial charge in [-0.15, -0.1) is 0 Å². The van der Waals surface area contributed by atoms with Gasteiger partial charge in [0.2, 0.25) is 11.7 Å². The highest BCUT2D eigenvalue weighted by Crippen LogP contribution is 2.31. The van der Waals surface area contributed by atoms with Crippen molar-refractivity contribution in [3.63, 3.8) is 0 Å². The van der Waals surface area contributed by atoms with E-state index >= 15 is 0 Å². The predicted molar refractivity (Wildman–Crippen MR) is 75.1 cm³/mol. The number of hydrogen-bond donors (Lipinski definition) is 2. The van der Waals surface area contributed by atoms with Gasteiger partial charge in [0.25, 0.3) is 0 Å². The number of aromatic nitrogens is 2. The van der Waals surface area contributed by atoms with Crippen LogP contribution in [0.15, 0.2) is 28.8 Å². The van der Waals surface area contributed by atoms with Crippen LogP contribution in [-0.4, -0.2) is 27.5 Å². The van der Waals surface area contributed by atoms with Crippen molar-refractivity contribution in [3.8, 4) is 11.4 Å². The van der Waals surface area contributed by atoms with E-state index in [-0.39, 0.29) is 12.0 Å². The van der Waals surface area contributed by atoms with Gasteiger partial charge in [0.05, 0.1) is 0 Å². The first kappa shape index (κ1) is 12.7. The van der Waals surface area contributed by atoms with E-state index in [0.717, 1.165) is 24.9 Å². The van der Waals surface area contributed by atoms with Crippen LogP contribution in [0.5, 0.6) is 0 Å². The summed E-state index contributed by atoms with van der Waals surface area (Å²) >= 11 is 0. The molecule has 1 aromatic carbocycles. The summed E-state index contributed by atoms with van der Waals surface area (Å²) in [6, 6.07) is 7.91. The van der Waals surface area contributed by atoms with Crippen LogP contribution in [0.1, 0.15) is 30.3 Å². The maximum absolute atomic E-state index is 7.58. The monoisotopic (exact) mass is 271 g/mol. The van der Waals surface area contributed by atoms with Gasteiger partial charge >= 0.3 is 0 Å². The van der Waals surface area contributed by atoms with Crippen LogP contribution in [0.3, 0.4) is 0 Å². The Morgan fingerprint density at radius 1 is 1.40 bits per heavy atom. The van der Waals surface area contributed by atoms with Crippen LogP contribution < -0.4 is 5.73 Å². The Hall–Kier alpha value is -2.37. The Morgan fingerprint density at radius 3 is 2.85 bits per heavy atom. The fourth-order valence-corrected chi connectivity index (χ4v) is 2.50. The molecule has 0 spiro atoms. The van der Waals surface area contributed by atoms with E-state index in [9.17, 15) is 0 Å². The third-order valence-electron chi connectivity index (χ3n) is 3.60. The van der Waals surface area contributed by atoms with Gasteiger partial charge in [0, 0.05) is 12.1 Å². The Morgan fingerprint density at radius 2 is 2.15 bits per heavy atom. The zero-order chi connectivity index (χ0) is 14.1. The van der Waals surface area contributed by atoms with E-state index in [1.807, 2.05) is 31.2 Å². The number of nitrogens with one attached hydrogen (secondary N) is 1. The third kappa shape index (κ3) is 2.24. The maximum Gasteiger partial charge on any atom is 0.249 e. The Kier molecular flexibility index (Phi) is 3.14. The summed E-state index contributed by atoms with van der Waals surface area (Å²) in [5.74, 6) is 1.17. The van der Waals surface area contributed by atoms with Crippen LogP contribution in [0.25, 0.3) is 11.4 Å². The van der Waals surface area contributed by atoms with Crippen molar-refractivity contribution in [1.82, 2.24) is 15.0 Å². The second-order valence-electron chi connectivity index (χ2n) is 5.06. The molecule has 1 aromatic heterocycles. The number of aryl methyl sites for hydroxylation is 1. The van der Waals surface area contributed by atoms with Crippen molar-refractivity contribution in [2.45, 2.75) is 25.8 Å². The lowest BCUT2D eigenvalue weighted by molar-refractivity contribution is 0.283. The Bertz CT molecular complexity index is 619. The molecule has 1 saturated heterocycles. The quantitative estimate of drug-likeness (QED) is 0.644. The lowest BCUT2D eigenvalue weighted by atomic mass is 10.1. The molecule has 0 aliphatic carbocycles. The summed E-state index contributed by atoms with van der Waals surface area (Å²) in [6.45, 7) is 2.80. The lowest BCUT2D eigenvalue weighted by Crippen LogP contribution is -2.35. The molecule has 1 atom stereocenters. The molecule has 1 aliphatic heterocycles. The van der Waals surface area contributed by atoms with Crippen molar-refractivity contribution in [2.75, 3.05) is 6.54 Å². The van der Waals surface area contributed by atoms with Crippen LogP contribution >= 0.6 is 0 Å². The van der Waals surface area contributed by atoms with Gasteiger partial charge in [0.1, 0.15) is 6.04 Å². The van der Waals surface area contributed by atoms with Gasteiger partial charge in [-0.2, -0.15) is 4.98 Å². The molecular formula is C14H17N5O. The standard InChI is InChI=1S/C14H17N5O/c1-9-4-6-10(7-5-9)12-17-13(20-18-12)11-3-2-8-19(11)14(15)16/h4-7,11H,2-3,8H2,1H3,(H3,15,16). The summed E-state index contributed by atoms with van der Waals surface area (Å²) in [4.78, 5) is 6.25. The summed E-state index contributed by atoms with van der Waals surface area (Å²) in [6.07, 6.45) is 1.86. The fraction of sp³-hybridized carbons (Fsp3) is 0.357. The van der Waals surface area contributed by atoms with Crippen LogP contribution in [0, 0.1) is 12.3 Å². The van der Waals surface area contributed by atoms with E-state index < -0.39 is 0 Å². The first-order valence-electron chi connectivity index (χ1n) is 6.66. The van der Waals surface area contributed by atoms with Gasteiger partial charge < -0.3 is 15.2 Å². The average molecular weight is 271 g/mol. The van der Waals surface area contributed by atoms with Crippen molar-refractivity contribution < 1.29 is 4.52 Å².